The summed E-state index contributed by atoms with van der Waals surface area (Å²) >= 11 is 5.89. The largest absolute Gasteiger partial charge is 0.416 e. The Labute approximate surface area is 97.4 Å². The van der Waals surface area contributed by atoms with Crippen molar-refractivity contribution >= 4 is 11.6 Å². The van der Waals surface area contributed by atoms with Gasteiger partial charge in [-0.3, -0.25) is 0 Å². The fraction of sp³-hybridized carbons (Fsp3) is 0.455. The van der Waals surface area contributed by atoms with Crippen LogP contribution in [0.3, 0.4) is 0 Å². The second-order valence-corrected chi connectivity index (χ2v) is 4.69. The Kier molecular flexibility index (Phi) is 3.55. The van der Waals surface area contributed by atoms with Gasteiger partial charge in [0.15, 0.2) is 0 Å². The molecule has 0 aromatic heterocycles. The fourth-order valence-electron chi connectivity index (χ4n) is 1.33. The van der Waals surface area contributed by atoms with Crippen molar-refractivity contribution in [1.29, 1.82) is 0 Å². The van der Waals surface area contributed by atoms with Crippen LogP contribution in [-0.4, -0.2) is 6.54 Å². The normalized spacial score (nSPS) is 12.9. The Hall–Kier alpha value is -0.740. The second kappa shape index (κ2) is 4.26. The van der Waals surface area contributed by atoms with Crippen molar-refractivity contribution in [2.24, 2.45) is 5.73 Å². The van der Waals surface area contributed by atoms with Crippen LogP contribution < -0.4 is 5.73 Å². The van der Waals surface area contributed by atoms with Gasteiger partial charge in [0.25, 0.3) is 0 Å². The summed E-state index contributed by atoms with van der Waals surface area (Å²) in [4.78, 5) is 0. The van der Waals surface area contributed by atoms with Crippen molar-refractivity contribution in [1.82, 2.24) is 0 Å². The van der Waals surface area contributed by atoms with Gasteiger partial charge >= 0.3 is 6.18 Å². The Morgan fingerprint density at radius 1 is 1.25 bits per heavy atom. The van der Waals surface area contributed by atoms with E-state index in [1.54, 1.807) is 13.8 Å². The summed E-state index contributed by atoms with van der Waals surface area (Å²) in [6.45, 7) is 3.75. The van der Waals surface area contributed by atoms with Gasteiger partial charge in [-0.1, -0.05) is 25.4 Å². The molecule has 0 aliphatic carbocycles. The summed E-state index contributed by atoms with van der Waals surface area (Å²) in [5.41, 5.74) is 4.68. The van der Waals surface area contributed by atoms with Crippen LogP contribution in [0.1, 0.15) is 25.0 Å². The van der Waals surface area contributed by atoms with E-state index in [4.69, 9.17) is 17.3 Å². The standard InChI is InChI=1S/C11H13ClF3N/c1-10(2,6-16)8-5-7(11(13,14)15)3-4-9(8)12/h3-5H,6,16H2,1-2H3. The average molecular weight is 252 g/mol. The number of halogens is 4. The minimum atomic E-state index is -4.36. The molecule has 90 valence electrons. The first-order valence-electron chi connectivity index (χ1n) is 4.76. The number of nitrogens with two attached hydrogens (primary N) is 1. The van der Waals surface area contributed by atoms with E-state index in [0.29, 0.717) is 10.6 Å². The highest BCUT2D eigenvalue weighted by atomic mass is 35.5. The van der Waals surface area contributed by atoms with Gasteiger partial charge in [0, 0.05) is 17.0 Å². The van der Waals surface area contributed by atoms with Crippen molar-refractivity contribution in [2.75, 3.05) is 6.54 Å². The molecule has 16 heavy (non-hydrogen) atoms. The highest BCUT2D eigenvalue weighted by Crippen LogP contribution is 2.35. The van der Waals surface area contributed by atoms with E-state index in [0.717, 1.165) is 12.1 Å². The molecule has 0 saturated carbocycles. The van der Waals surface area contributed by atoms with Crippen LogP contribution in [0.15, 0.2) is 18.2 Å². The first-order valence-corrected chi connectivity index (χ1v) is 5.13. The maximum absolute atomic E-state index is 12.5. The average Bonchev–Trinajstić information content (AvgIpc) is 2.16. The molecule has 0 atom stereocenters. The first kappa shape index (κ1) is 13.3. The minimum absolute atomic E-state index is 0.230. The zero-order valence-corrected chi connectivity index (χ0v) is 9.78. The van der Waals surface area contributed by atoms with Crippen LogP contribution in [0, 0.1) is 0 Å². The summed E-state index contributed by atoms with van der Waals surface area (Å²) in [5, 5.41) is 0.309. The third-order valence-corrected chi connectivity index (χ3v) is 2.86. The molecule has 1 aromatic carbocycles. The quantitative estimate of drug-likeness (QED) is 0.854. The number of benzene rings is 1. The van der Waals surface area contributed by atoms with Gasteiger partial charge in [-0.2, -0.15) is 13.2 Å². The molecular weight excluding hydrogens is 239 g/mol. The molecule has 1 aromatic rings. The third kappa shape index (κ3) is 2.68. The van der Waals surface area contributed by atoms with Crippen LogP contribution in [-0.2, 0) is 11.6 Å². The lowest BCUT2D eigenvalue weighted by molar-refractivity contribution is -0.137. The third-order valence-electron chi connectivity index (χ3n) is 2.53. The Morgan fingerprint density at radius 2 is 1.81 bits per heavy atom. The maximum atomic E-state index is 12.5. The van der Waals surface area contributed by atoms with Crippen LogP contribution in [0.5, 0.6) is 0 Å². The van der Waals surface area contributed by atoms with E-state index in [2.05, 4.69) is 0 Å². The van der Waals surface area contributed by atoms with Gasteiger partial charge < -0.3 is 5.73 Å². The van der Waals surface area contributed by atoms with E-state index in [9.17, 15) is 13.2 Å². The smallest absolute Gasteiger partial charge is 0.330 e. The fourth-order valence-corrected chi connectivity index (χ4v) is 1.70. The second-order valence-electron chi connectivity index (χ2n) is 4.28. The number of hydrogen-bond donors (Lipinski definition) is 1. The number of alkyl halides is 3. The predicted molar refractivity (Wildman–Crippen MR) is 58.5 cm³/mol. The molecule has 0 aliphatic rings. The van der Waals surface area contributed by atoms with Gasteiger partial charge in [0.05, 0.1) is 5.56 Å². The molecule has 0 bridgehead atoms. The Morgan fingerprint density at radius 3 is 2.25 bits per heavy atom. The molecule has 0 radical (unpaired) electrons. The van der Waals surface area contributed by atoms with Gasteiger partial charge in [-0.05, 0) is 23.8 Å². The van der Waals surface area contributed by atoms with E-state index in [1.807, 2.05) is 0 Å². The molecule has 0 amide bonds. The van der Waals surface area contributed by atoms with Crippen molar-refractivity contribution < 1.29 is 13.2 Å². The van der Waals surface area contributed by atoms with Crippen LogP contribution in [0.4, 0.5) is 13.2 Å². The van der Waals surface area contributed by atoms with Crippen molar-refractivity contribution in [3.8, 4) is 0 Å². The van der Waals surface area contributed by atoms with Gasteiger partial charge in [-0.25, -0.2) is 0 Å². The SMILES string of the molecule is CC(C)(CN)c1cc(C(F)(F)F)ccc1Cl. The zero-order chi connectivity index (χ0) is 12.6. The zero-order valence-electron chi connectivity index (χ0n) is 9.03. The summed E-state index contributed by atoms with van der Waals surface area (Å²) in [5.74, 6) is 0. The van der Waals surface area contributed by atoms with Gasteiger partial charge in [0.2, 0.25) is 0 Å². The van der Waals surface area contributed by atoms with E-state index in [1.165, 1.54) is 6.07 Å². The molecule has 0 heterocycles. The summed E-state index contributed by atoms with van der Waals surface area (Å²) in [6.07, 6.45) is -4.36. The topological polar surface area (TPSA) is 26.0 Å². The van der Waals surface area contributed by atoms with Crippen molar-refractivity contribution in [3.05, 3.63) is 34.3 Å². The Bertz CT molecular complexity index is 385. The molecule has 0 fully saturated rings. The molecule has 5 heteroatoms. The highest BCUT2D eigenvalue weighted by molar-refractivity contribution is 6.31. The first-order chi connectivity index (χ1) is 7.18. The van der Waals surface area contributed by atoms with Gasteiger partial charge in [0.1, 0.15) is 0 Å². The predicted octanol–water partition coefficient (Wildman–Crippen LogP) is 3.60. The Balaban J connectivity index is 3.30. The van der Waals surface area contributed by atoms with Crippen molar-refractivity contribution in [3.63, 3.8) is 0 Å². The minimum Gasteiger partial charge on any atom is -0.330 e. The van der Waals surface area contributed by atoms with Crippen LogP contribution in [0.25, 0.3) is 0 Å². The van der Waals surface area contributed by atoms with Crippen LogP contribution in [0.2, 0.25) is 5.02 Å². The maximum Gasteiger partial charge on any atom is 0.416 e. The lowest BCUT2D eigenvalue weighted by Crippen LogP contribution is -2.28. The number of hydrogen-bond acceptors (Lipinski definition) is 1. The lowest BCUT2D eigenvalue weighted by Gasteiger charge is -2.25. The molecule has 0 aliphatic heterocycles. The monoisotopic (exact) mass is 251 g/mol. The van der Waals surface area contributed by atoms with E-state index < -0.39 is 17.2 Å². The molecule has 1 rings (SSSR count). The molecule has 0 saturated heterocycles. The summed E-state index contributed by atoms with van der Waals surface area (Å²) < 4.78 is 37.6. The summed E-state index contributed by atoms with van der Waals surface area (Å²) in [7, 11) is 0. The molecule has 0 unspecified atom stereocenters. The molecule has 2 N–H and O–H groups in total. The molecule has 1 nitrogen and oxygen atoms in total. The lowest BCUT2D eigenvalue weighted by atomic mass is 9.84. The van der Waals surface area contributed by atoms with E-state index >= 15 is 0 Å². The molecule has 0 spiro atoms. The highest BCUT2D eigenvalue weighted by Gasteiger charge is 2.32. The number of rotatable bonds is 2. The van der Waals surface area contributed by atoms with E-state index in [-0.39, 0.29) is 6.54 Å². The summed E-state index contributed by atoms with van der Waals surface area (Å²) in [6, 6.07) is 3.30. The van der Waals surface area contributed by atoms with Gasteiger partial charge in [-0.15, -0.1) is 0 Å². The molecular formula is C11H13ClF3N. The van der Waals surface area contributed by atoms with Crippen molar-refractivity contribution in [2.45, 2.75) is 25.4 Å². The van der Waals surface area contributed by atoms with Crippen LogP contribution >= 0.6 is 11.6 Å².